The van der Waals surface area contributed by atoms with E-state index in [2.05, 4.69) is 25.9 Å². The van der Waals surface area contributed by atoms with Gasteiger partial charge in [0.2, 0.25) is 5.91 Å². The second-order valence-corrected chi connectivity index (χ2v) is 8.36. The quantitative estimate of drug-likeness (QED) is 0.462. The highest BCUT2D eigenvalue weighted by Gasteiger charge is 2.30. The molecule has 11 nitrogen and oxygen atoms in total. The third-order valence-corrected chi connectivity index (χ3v) is 5.91. The molecule has 2 fully saturated rings. The van der Waals surface area contributed by atoms with E-state index in [9.17, 15) is 9.59 Å². The van der Waals surface area contributed by atoms with Crippen molar-refractivity contribution in [3.63, 3.8) is 0 Å². The predicted molar refractivity (Wildman–Crippen MR) is 124 cm³/mol. The minimum atomic E-state index is -0.745. The Balaban J connectivity index is 1.46. The number of hydrogen-bond donors (Lipinski definition) is 3. The number of benzene rings is 1. The van der Waals surface area contributed by atoms with E-state index in [1.165, 1.54) is 6.07 Å². The molecule has 1 aliphatic carbocycles. The molecule has 3 heterocycles. The number of nitrogens with two attached hydrogens (primary N) is 1. The minimum Gasteiger partial charge on any atom is -0.494 e. The van der Waals surface area contributed by atoms with Crippen LogP contribution in [0.2, 0.25) is 0 Å². The van der Waals surface area contributed by atoms with Gasteiger partial charge in [-0.15, -0.1) is 10.2 Å². The lowest BCUT2D eigenvalue weighted by molar-refractivity contribution is -0.117. The van der Waals surface area contributed by atoms with Gasteiger partial charge in [-0.05, 0) is 25.3 Å². The molecule has 11 heteroatoms. The van der Waals surface area contributed by atoms with Crippen molar-refractivity contribution in [1.82, 2.24) is 20.0 Å². The normalized spacial score (nSPS) is 17.4. The Morgan fingerprint density at radius 2 is 2.06 bits per heavy atom. The first-order valence-corrected chi connectivity index (χ1v) is 11.1. The molecule has 1 aliphatic heterocycles. The average molecular weight is 463 g/mol. The van der Waals surface area contributed by atoms with Gasteiger partial charge in [-0.25, -0.2) is 0 Å². The van der Waals surface area contributed by atoms with Crippen LogP contribution in [-0.2, 0) is 9.53 Å². The van der Waals surface area contributed by atoms with E-state index in [-0.39, 0.29) is 29.4 Å². The van der Waals surface area contributed by atoms with Gasteiger partial charge < -0.3 is 25.8 Å². The summed E-state index contributed by atoms with van der Waals surface area (Å²) in [6.07, 6.45) is 6.39. The number of hydrogen-bond acceptors (Lipinski definition) is 8. The number of carbonyl (C=O) groups is 2. The fourth-order valence-electron chi connectivity index (χ4n) is 3.94. The first-order valence-electron chi connectivity index (χ1n) is 11.1. The van der Waals surface area contributed by atoms with Crippen LogP contribution >= 0.6 is 0 Å². The van der Waals surface area contributed by atoms with Crippen LogP contribution in [0.3, 0.4) is 0 Å². The summed E-state index contributed by atoms with van der Waals surface area (Å²) in [4.78, 5) is 24.1. The van der Waals surface area contributed by atoms with Crippen LogP contribution in [0.1, 0.15) is 35.8 Å². The Kier molecular flexibility index (Phi) is 5.84. The molecule has 4 N–H and O–H groups in total. The van der Waals surface area contributed by atoms with E-state index in [0.717, 1.165) is 37.0 Å². The summed E-state index contributed by atoms with van der Waals surface area (Å²) >= 11 is 0. The number of methoxy groups -OCH3 is 1. The summed E-state index contributed by atoms with van der Waals surface area (Å²) in [5.41, 5.74) is 8.06. The van der Waals surface area contributed by atoms with E-state index in [4.69, 9.17) is 15.2 Å². The monoisotopic (exact) mass is 463 g/mol. The highest BCUT2D eigenvalue weighted by atomic mass is 16.5. The number of primary amides is 1. The molecule has 0 unspecified atom stereocenters. The van der Waals surface area contributed by atoms with Gasteiger partial charge >= 0.3 is 0 Å². The number of amides is 2. The first-order chi connectivity index (χ1) is 16.5. The number of carbonyl (C=O) groups excluding carboxylic acids is 2. The lowest BCUT2D eigenvalue weighted by Crippen LogP contribution is -2.19. The van der Waals surface area contributed by atoms with E-state index >= 15 is 0 Å². The smallest absolute Gasteiger partial charge is 0.271 e. The van der Waals surface area contributed by atoms with Gasteiger partial charge in [-0.1, -0.05) is 12.1 Å². The van der Waals surface area contributed by atoms with Gasteiger partial charge in [0.1, 0.15) is 5.75 Å². The molecule has 0 bridgehead atoms. The maximum absolute atomic E-state index is 12.1. The molecule has 3 aromatic rings. The fourth-order valence-corrected chi connectivity index (χ4v) is 3.94. The highest BCUT2D eigenvalue weighted by molar-refractivity contribution is 5.99. The van der Waals surface area contributed by atoms with Crippen molar-refractivity contribution in [2.24, 2.45) is 11.7 Å². The van der Waals surface area contributed by atoms with E-state index < -0.39 is 5.91 Å². The number of nitrogens with one attached hydrogen (secondary N) is 2. The molecule has 2 aromatic heterocycles. The molecule has 1 atom stereocenters. The molecule has 0 spiro atoms. The zero-order valence-electron chi connectivity index (χ0n) is 18.7. The van der Waals surface area contributed by atoms with E-state index in [0.29, 0.717) is 23.7 Å². The van der Waals surface area contributed by atoms with E-state index in [1.54, 1.807) is 13.3 Å². The van der Waals surface area contributed by atoms with Gasteiger partial charge in [-0.2, -0.15) is 5.10 Å². The molecule has 5 rings (SSSR count). The SMILES string of the molecule is COc1c(Nc2cc(NC(=O)C3CC3)nnc2C(N)=O)cccc1-c1cnn([C@H]2CCOC2)c1. The molecule has 34 heavy (non-hydrogen) atoms. The van der Waals surface area contributed by atoms with Crippen molar-refractivity contribution in [1.29, 1.82) is 0 Å². The molecule has 1 aromatic carbocycles. The average Bonchev–Trinajstić information content (AvgIpc) is 3.32. The molecule has 1 saturated carbocycles. The predicted octanol–water partition coefficient (Wildman–Crippen LogP) is 2.50. The number of nitrogens with zero attached hydrogens (tertiary/aromatic N) is 4. The van der Waals surface area contributed by atoms with Crippen molar-refractivity contribution in [2.75, 3.05) is 31.0 Å². The minimum absolute atomic E-state index is 0.00233. The third kappa shape index (κ3) is 4.42. The summed E-state index contributed by atoms with van der Waals surface area (Å²) < 4.78 is 13.1. The van der Waals surface area contributed by atoms with Gasteiger partial charge in [-0.3, -0.25) is 14.3 Å². The van der Waals surface area contributed by atoms with Crippen molar-refractivity contribution in [3.05, 3.63) is 42.4 Å². The summed E-state index contributed by atoms with van der Waals surface area (Å²) in [7, 11) is 1.57. The van der Waals surface area contributed by atoms with Crippen LogP contribution in [-0.4, -0.2) is 52.1 Å². The number of aromatic nitrogens is 4. The summed E-state index contributed by atoms with van der Waals surface area (Å²) in [5, 5.41) is 18.3. The number of rotatable bonds is 8. The Labute approximate surface area is 195 Å². The molecule has 176 valence electrons. The second kappa shape index (κ2) is 9.10. The van der Waals surface area contributed by atoms with Gasteiger partial charge in [0, 0.05) is 35.9 Å². The molecular formula is C23H25N7O4. The van der Waals surface area contributed by atoms with Gasteiger partial charge in [0.15, 0.2) is 11.5 Å². The highest BCUT2D eigenvalue weighted by Crippen LogP contribution is 2.39. The van der Waals surface area contributed by atoms with Crippen molar-refractivity contribution in [3.8, 4) is 16.9 Å². The summed E-state index contributed by atoms with van der Waals surface area (Å²) in [6, 6.07) is 7.36. The van der Waals surface area contributed by atoms with Crippen LogP contribution in [0.5, 0.6) is 5.75 Å². The molecule has 1 saturated heterocycles. The summed E-state index contributed by atoms with van der Waals surface area (Å²) in [5.74, 6) is -0.0656. The molecule has 0 radical (unpaired) electrons. The van der Waals surface area contributed by atoms with Crippen LogP contribution in [0.25, 0.3) is 11.1 Å². The van der Waals surface area contributed by atoms with E-state index in [1.807, 2.05) is 29.1 Å². The Hall–Kier alpha value is -3.99. The maximum Gasteiger partial charge on any atom is 0.271 e. The molecular weight excluding hydrogens is 438 g/mol. The third-order valence-electron chi connectivity index (χ3n) is 5.91. The topological polar surface area (TPSA) is 146 Å². The van der Waals surface area contributed by atoms with Crippen molar-refractivity contribution in [2.45, 2.75) is 25.3 Å². The van der Waals surface area contributed by atoms with Crippen LogP contribution in [0, 0.1) is 5.92 Å². The zero-order valence-corrected chi connectivity index (χ0v) is 18.7. The van der Waals surface area contributed by atoms with Crippen molar-refractivity contribution < 1.29 is 19.1 Å². The second-order valence-electron chi connectivity index (χ2n) is 8.36. The Morgan fingerprint density at radius 1 is 1.21 bits per heavy atom. The standard InChI is InChI=1S/C23H25N7O4/c1-33-21-16(14-10-25-30(11-14)15-7-8-34-12-15)3-2-4-17(21)26-18-9-19(27-23(32)13-5-6-13)28-29-20(18)22(24)31/h2-4,9-11,13,15H,5-8,12H2,1H3,(H2,24,31)(H2,26,27,28,32)/t15-/m0/s1. The number of para-hydroxylation sites is 1. The number of anilines is 3. The van der Waals surface area contributed by atoms with Crippen molar-refractivity contribution >= 4 is 29.0 Å². The summed E-state index contributed by atoms with van der Waals surface area (Å²) in [6.45, 7) is 1.37. The van der Waals surface area contributed by atoms with Crippen LogP contribution in [0.4, 0.5) is 17.2 Å². The van der Waals surface area contributed by atoms with Crippen LogP contribution in [0.15, 0.2) is 36.7 Å². The Bertz CT molecular complexity index is 1230. The lowest BCUT2D eigenvalue weighted by atomic mass is 10.1. The van der Waals surface area contributed by atoms with Crippen LogP contribution < -0.4 is 21.1 Å². The maximum atomic E-state index is 12.1. The fraction of sp³-hybridized carbons (Fsp3) is 0.348. The van der Waals surface area contributed by atoms with Gasteiger partial charge in [0.05, 0.1) is 37.3 Å². The number of ether oxygens (including phenoxy) is 2. The molecule has 2 amide bonds. The largest absolute Gasteiger partial charge is 0.494 e. The lowest BCUT2D eigenvalue weighted by Gasteiger charge is -2.16. The molecule has 2 aliphatic rings. The zero-order chi connectivity index (χ0) is 23.7. The van der Waals surface area contributed by atoms with Gasteiger partial charge in [0.25, 0.3) is 5.91 Å². The first kappa shape index (κ1) is 21.8. The Morgan fingerprint density at radius 3 is 2.76 bits per heavy atom.